The van der Waals surface area contributed by atoms with E-state index in [1.807, 2.05) is 13.8 Å². The van der Waals surface area contributed by atoms with Gasteiger partial charge in [-0.3, -0.25) is 14.4 Å². The summed E-state index contributed by atoms with van der Waals surface area (Å²) >= 11 is 0. The number of carbonyl (C=O) groups excluding carboxylic acids is 3. The van der Waals surface area contributed by atoms with Crippen molar-refractivity contribution in [3.63, 3.8) is 0 Å². The number of amides is 1. The molecular weight excluding hydrogens is 366 g/mol. The molecule has 1 amide bonds. The number of ether oxygens (including phenoxy) is 1. The summed E-state index contributed by atoms with van der Waals surface area (Å²) in [4.78, 5) is 37.2. The largest absolute Gasteiger partial charge is 0.457 e. The molecule has 0 aromatic heterocycles. The first kappa shape index (κ1) is 20.1. The van der Waals surface area contributed by atoms with E-state index in [9.17, 15) is 14.4 Å². The number of carbonyl (C=O) groups is 3. The van der Waals surface area contributed by atoms with E-state index in [2.05, 4.69) is 5.32 Å². The third kappa shape index (κ3) is 4.39. The molecule has 0 heterocycles. The Morgan fingerprint density at radius 3 is 2.07 bits per heavy atom. The maximum Gasteiger partial charge on any atom is 0.312 e. The van der Waals surface area contributed by atoms with Crippen molar-refractivity contribution >= 4 is 23.3 Å². The minimum atomic E-state index is -0.334. The first-order chi connectivity index (χ1) is 13.8. The zero-order valence-corrected chi connectivity index (χ0v) is 17.4. The van der Waals surface area contributed by atoms with Crippen molar-refractivity contribution in [2.24, 2.45) is 29.1 Å². The second-order valence-corrected chi connectivity index (χ2v) is 9.92. The van der Waals surface area contributed by atoms with Gasteiger partial charge in [-0.15, -0.1) is 0 Å². The molecule has 4 aliphatic rings. The van der Waals surface area contributed by atoms with Crippen molar-refractivity contribution in [1.82, 2.24) is 0 Å². The Balaban J connectivity index is 1.31. The summed E-state index contributed by atoms with van der Waals surface area (Å²) in [5.41, 5.74) is 0.822. The molecule has 0 radical (unpaired) electrons. The highest BCUT2D eigenvalue weighted by Gasteiger charge is 2.55. The first-order valence-electron chi connectivity index (χ1n) is 10.9. The topological polar surface area (TPSA) is 72.5 Å². The molecule has 0 atom stereocenters. The lowest BCUT2D eigenvalue weighted by Crippen LogP contribution is -2.50. The number of ketones is 1. The summed E-state index contributed by atoms with van der Waals surface area (Å²) in [5.74, 6) is 1.89. The number of benzene rings is 1. The highest BCUT2D eigenvalue weighted by Crippen LogP contribution is 2.60. The SMILES string of the molecule is CC(C)CC(=O)Nc1ccc(C(=O)COC(=O)C23CC4CC(CC(C4)C2)C3)cc1. The van der Waals surface area contributed by atoms with Crippen LogP contribution in [0.1, 0.15) is 69.2 Å². The molecule has 4 bridgehead atoms. The smallest absolute Gasteiger partial charge is 0.312 e. The molecule has 0 aliphatic heterocycles. The average Bonchev–Trinajstić information content (AvgIpc) is 2.64. The summed E-state index contributed by atoms with van der Waals surface area (Å²) in [6.45, 7) is 3.78. The Bertz CT molecular complexity index is 760. The van der Waals surface area contributed by atoms with E-state index in [1.54, 1.807) is 24.3 Å². The van der Waals surface area contributed by atoms with Gasteiger partial charge in [0.1, 0.15) is 0 Å². The summed E-state index contributed by atoms with van der Waals surface area (Å²) in [5, 5.41) is 2.83. The lowest BCUT2D eigenvalue weighted by atomic mass is 9.49. The van der Waals surface area contributed by atoms with Gasteiger partial charge < -0.3 is 10.1 Å². The lowest BCUT2D eigenvalue weighted by molar-refractivity contribution is -0.170. The first-order valence-corrected chi connectivity index (χ1v) is 10.9. The van der Waals surface area contributed by atoms with E-state index in [4.69, 9.17) is 4.74 Å². The average molecular weight is 398 g/mol. The van der Waals surface area contributed by atoms with Crippen LogP contribution in [0.3, 0.4) is 0 Å². The fourth-order valence-electron chi connectivity index (χ4n) is 6.05. The van der Waals surface area contributed by atoms with Crippen molar-refractivity contribution in [3.05, 3.63) is 29.8 Å². The molecule has 0 saturated heterocycles. The summed E-state index contributed by atoms with van der Waals surface area (Å²) in [6.07, 6.45) is 7.09. The van der Waals surface area contributed by atoms with E-state index >= 15 is 0 Å². The number of rotatable bonds is 7. The molecule has 1 N–H and O–H groups in total. The van der Waals surface area contributed by atoms with Crippen molar-refractivity contribution in [2.45, 2.75) is 58.8 Å². The van der Waals surface area contributed by atoms with Gasteiger partial charge in [0.25, 0.3) is 0 Å². The molecule has 1 aromatic carbocycles. The molecule has 5 heteroatoms. The third-order valence-electron chi connectivity index (χ3n) is 6.89. The van der Waals surface area contributed by atoms with Crippen LogP contribution >= 0.6 is 0 Å². The Morgan fingerprint density at radius 2 is 1.55 bits per heavy atom. The van der Waals surface area contributed by atoms with Crippen LogP contribution in [-0.4, -0.2) is 24.3 Å². The van der Waals surface area contributed by atoms with E-state index in [1.165, 1.54) is 19.3 Å². The quantitative estimate of drug-likeness (QED) is 0.538. The minimum Gasteiger partial charge on any atom is -0.457 e. The number of nitrogens with one attached hydrogen (secondary N) is 1. The predicted molar refractivity (Wildman–Crippen MR) is 110 cm³/mol. The van der Waals surface area contributed by atoms with E-state index in [0.717, 1.165) is 19.3 Å². The van der Waals surface area contributed by atoms with Crippen LogP contribution in [0.15, 0.2) is 24.3 Å². The highest BCUT2D eigenvalue weighted by molar-refractivity contribution is 5.99. The Kier molecular flexibility index (Phi) is 5.50. The van der Waals surface area contributed by atoms with Crippen LogP contribution in [0.4, 0.5) is 5.69 Å². The standard InChI is InChI=1S/C24H31NO4/c1-15(2)7-22(27)25-20-5-3-19(4-6-20)21(26)14-29-23(28)24-11-16-8-17(12-24)10-18(9-16)13-24/h3-6,15-18H,7-14H2,1-2H3,(H,25,27). The van der Waals surface area contributed by atoms with E-state index in [0.29, 0.717) is 41.3 Å². The van der Waals surface area contributed by atoms with Crippen LogP contribution < -0.4 is 5.32 Å². The number of hydrogen-bond donors (Lipinski definition) is 1. The van der Waals surface area contributed by atoms with Crippen molar-refractivity contribution in [3.8, 4) is 0 Å². The lowest BCUT2D eigenvalue weighted by Gasteiger charge is -2.55. The predicted octanol–water partition coefficient (Wildman–Crippen LogP) is 4.61. The highest BCUT2D eigenvalue weighted by atomic mass is 16.5. The van der Waals surface area contributed by atoms with Gasteiger partial charge >= 0.3 is 5.97 Å². The molecule has 4 saturated carbocycles. The van der Waals surface area contributed by atoms with Crippen molar-refractivity contribution in [1.29, 1.82) is 0 Å². The zero-order valence-electron chi connectivity index (χ0n) is 17.4. The van der Waals surface area contributed by atoms with Gasteiger partial charge in [-0.2, -0.15) is 0 Å². The van der Waals surface area contributed by atoms with Gasteiger partial charge in [0, 0.05) is 17.7 Å². The second kappa shape index (κ2) is 7.92. The van der Waals surface area contributed by atoms with Crippen LogP contribution in [0, 0.1) is 29.1 Å². The number of hydrogen-bond acceptors (Lipinski definition) is 4. The third-order valence-corrected chi connectivity index (χ3v) is 6.89. The Hall–Kier alpha value is -2.17. The van der Waals surface area contributed by atoms with Crippen LogP contribution in [-0.2, 0) is 14.3 Å². The summed E-state index contributed by atoms with van der Waals surface area (Å²) < 4.78 is 5.52. The number of esters is 1. The fourth-order valence-corrected chi connectivity index (χ4v) is 6.05. The van der Waals surface area contributed by atoms with E-state index < -0.39 is 0 Å². The molecule has 0 unspecified atom stereocenters. The van der Waals surface area contributed by atoms with Crippen LogP contribution in [0.25, 0.3) is 0 Å². The van der Waals surface area contributed by atoms with E-state index in [-0.39, 0.29) is 29.7 Å². The molecule has 5 nitrogen and oxygen atoms in total. The summed E-state index contributed by atoms with van der Waals surface area (Å²) in [7, 11) is 0. The van der Waals surface area contributed by atoms with Crippen molar-refractivity contribution < 1.29 is 19.1 Å². The number of anilines is 1. The molecule has 5 rings (SSSR count). The molecule has 4 fully saturated rings. The molecule has 0 spiro atoms. The summed E-state index contributed by atoms with van der Waals surface area (Å²) in [6, 6.07) is 6.77. The van der Waals surface area contributed by atoms with Gasteiger partial charge in [-0.25, -0.2) is 0 Å². The Morgan fingerprint density at radius 1 is 1.00 bits per heavy atom. The fraction of sp³-hybridized carbons (Fsp3) is 0.625. The monoisotopic (exact) mass is 397 g/mol. The molecule has 156 valence electrons. The van der Waals surface area contributed by atoms with Crippen LogP contribution in [0.5, 0.6) is 0 Å². The van der Waals surface area contributed by atoms with Crippen LogP contribution in [0.2, 0.25) is 0 Å². The number of Topliss-reactive ketones (excluding diaryl/α,β-unsaturated/α-hetero) is 1. The van der Waals surface area contributed by atoms with Gasteiger partial charge in [0.05, 0.1) is 5.41 Å². The van der Waals surface area contributed by atoms with Gasteiger partial charge in [0.15, 0.2) is 12.4 Å². The molecular formula is C24H31NO4. The maximum absolute atomic E-state index is 12.9. The minimum absolute atomic E-state index is 0.0384. The Labute approximate surface area is 172 Å². The molecule has 1 aromatic rings. The normalized spacial score (nSPS) is 29.7. The van der Waals surface area contributed by atoms with Gasteiger partial charge in [0.2, 0.25) is 5.91 Å². The van der Waals surface area contributed by atoms with Crippen molar-refractivity contribution in [2.75, 3.05) is 11.9 Å². The van der Waals surface area contributed by atoms with Gasteiger partial charge in [-0.05, 0) is 86.5 Å². The second-order valence-electron chi connectivity index (χ2n) is 9.92. The molecule has 29 heavy (non-hydrogen) atoms. The maximum atomic E-state index is 12.9. The zero-order chi connectivity index (χ0) is 20.6. The molecule has 4 aliphatic carbocycles. The van der Waals surface area contributed by atoms with Gasteiger partial charge in [-0.1, -0.05) is 13.8 Å².